The molecule has 1 saturated heterocycles. The highest BCUT2D eigenvalue weighted by Gasteiger charge is 2.22. The van der Waals surface area contributed by atoms with E-state index in [9.17, 15) is 9.59 Å². The van der Waals surface area contributed by atoms with Crippen LogP contribution in [0.3, 0.4) is 0 Å². The molecule has 0 spiro atoms. The number of aromatic nitrogens is 2. The second-order valence-corrected chi connectivity index (χ2v) is 7.61. The summed E-state index contributed by atoms with van der Waals surface area (Å²) < 4.78 is 0. The number of hydrogen-bond donors (Lipinski definition) is 3. The van der Waals surface area contributed by atoms with E-state index in [1.165, 1.54) is 11.8 Å². The SMILES string of the molecule is NC(=O)CCSc1ccccc1NC(=O)NC1CCN(c2ncccn2)CC1. The first kappa shape index (κ1) is 19.9. The molecule has 0 bridgehead atoms. The van der Waals surface area contributed by atoms with E-state index in [2.05, 4.69) is 25.5 Å². The summed E-state index contributed by atoms with van der Waals surface area (Å²) in [6.45, 7) is 1.60. The van der Waals surface area contributed by atoms with E-state index in [0.717, 1.165) is 42.5 Å². The molecule has 8 nitrogen and oxygen atoms in total. The van der Waals surface area contributed by atoms with Crippen LogP contribution < -0.4 is 21.3 Å². The molecule has 9 heteroatoms. The van der Waals surface area contributed by atoms with Crippen LogP contribution in [0.25, 0.3) is 0 Å². The Kier molecular flexibility index (Phi) is 7.07. The van der Waals surface area contributed by atoms with Gasteiger partial charge in [0, 0.05) is 48.6 Å². The molecule has 0 aliphatic carbocycles. The Morgan fingerprint density at radius 3 is 2.57 bits per heavy atom. The molecule has 1 aromatic carbocycles. The summed E-state index contributed by atoms with van der Waals surface area (Å²) >= 11 is 1.50. The zero-order chi connectivity index (χ0) is 19.8. The van der Waals surface area contributed by atoms with Crippen molar-refractivity contribution in [3.05, 3.63) is 42.7 Å². The third-order valence-electron chi connectivity index (χ3n) is 4.41. The van der Waals surface area contributed by atoms with E-state index in [1.54, 1.807) is 18.5 Å². The predicted molar refractivity (Wildman–Crippen MR) is 110 cm³/mol. The van der Waals surface area contributed by atoms with Crippen molar-refractivity contribution in [1.29, 1.82) is 0 Å². The molecule has 2 aromatic rings. The summed E-state index contributed by atoms with van der Waals surface area (Å²) in [5, 5.41) is 5.95. The Morgan fingerprint density at radius 2 is 1.86 bits per heavy atom. The molecule has 0 radical (unpaired) electrons. The molecule has 1 aliphatic rings. The van der Waals surface area contributed by atoms with E-state index >= 15 is 0 Å². The molecule has 0 unspecified atom stereocenters. The number of amides is 3. The van der Waals surface area contributed by atoms with Gasteiger partial charge in [-0.1, -0.05) is 12.1 Å². The van der Waals surface area contributed by atoms with Crippen LogP contribution in [0.2, 0.25) is 0 Å². The van der Waals surface area contributed by atoms with Crippen molar-refractivity contribution in [2.75, 3.05) is 29.1 Å². The van der Waals surface area contributed by atoms with Crippen molar-refractivity contribution in [1.82, 2.24) is 15.3 Å². The minimum atomic E-state index is -0.331. The molecular formula is C19H24N6O2S. The lowest BCUT2D eigenvalue weighted by Gasteiger charge is -2.32. The molecule has 3 rings (SSSR count). The minimum Gasteiger partial charge on any atom is -0.370 e. The fraction of sp³-hybridized carbons (Fsp3) is 0.368. The molecule has 0 atom stereocenters. The first-order chi connectivity index (χ1) is 13.6. The van der Waals surface area contributed by atoms with Crippen molar-refractivity contribution in [3.8, 4) is 0 Å². The molecule has 4 N–H and O–H groups in total. The predicted octanol–water partition coefficient (Wildman–Crippen LogP) is 2.23. The van der Waals surface area contributed by atoms with Gasteiger partial charge in [-0.3, -0.25) is 4.79 Å². The Hall–Kier alpha value is -2.81. The second kappa shape index (κ2) is 9.93. The van der Waals surface area contributed by atoms with Crippen LogP contribution in [-0.2, 0) is 4.79 Å². The standard InChI is InChI=1S/C19H24N6O2S/c20-17(26)8-13-28-16-5-2-1-4-15(16)24-19(27)23-14-6-11-25(12-7-14)18-21-9-3-10-22-18/h1-5,9-10,14H,6-8,11-13H2,(H2,20,26)(H2,23,24,27). The number of para-hydroxylation sites is 1. The first-order valence-electron chi connectivity index (χ1n) is 9.21. The molecule has 2 heterocycles. The van der Waals surface area contributed by atoms with Crippen LogP contribution in [-0.4, -0.2) is 46.8 Å². The number of rotatable bonds is 7. The first-order valence-corrected chi connectivity index (χ1v) is 10.2. The van der Waals surface area contributed by atoms with Crippen molar-refractivity contribution < 1.29 is 9.59 Å². The molecular weight excluding hydrogens is 376 g/mol. The maximum absolute atomic E-state index is 12.4. The largest absolute Gasteiger partial charge is 0.370 e. The van der Waals surface area contributed by atoms with Crippen LogP contribution >= 0.6 is 11.8 Å². The summed E-state index contributed by atoms with van der Waals surface area (Å²) in [6, 6.07) is 9.21. The van der Waals surface area contributed by atoms with Crippen LogP contribution in [0.4, 0.5) is 16.4 Å². The second-order valence-electron chi connectivity index (χ2n) is 6.47. The molecule has 1 aliphatic heterocycles. The third kappa shape index (κ3) is 5.85. The molecule has 148 valence electrons. The number of anilines is 2. The minimum absolute atomic E-state index is 0.106. The topological polar surface area (TPSA) is 113 Å². The number of urea groups is 1. The third-order valence-corrected chi connectivity index (χ3v) is 5.48. The van der Waals surface area contributed by atoms with Gasteiger partial charge in [-0.15, -0.1) is 11.8 Å². The zero-order valence-corrected chi connectivity index (χ0v) is 16.3. The van der Waals surface area contributed by atoms with Gasteiger partial charge in [-0.2, -0.15) is 0 Å². The molecule has 1 aromatic heterocycles. The van der Waals surface area contributed by atoms with Crippen LogP contribution in [0, 0.1) is 0 Å². The van der Waals surface area contributed by atoms with Gasteiger partial charge in [0.1, 0.15) is 0 Å². The van der Waals surface area contributed by atoms with Gasteiger partial charge in [0.2, 0.25) is 11.9 Å². The van der Waals surface area contributed by atoms with Gasteiger partial charge in [0.15, 0.2) is 0 Å². The average Bonchev–Trinajstić information content (AvgIpc) is 2.70. The number of carbonyl (C=O) groups excluding carboxylic acids is 2. The number of nitrogens with two attached hydrogens (primary N) is 1. The Bertz CT molecular complexity index is 796. The Balaban J connectivity index is 1.48. The lowest BCUT2D eigenvalue weighted by molar-refractivity contribution is -0.117. The van der Waals surface area contributed by atoms with Crippen molar-refractivity contribution in [3.63, 3.8) is 0 Å². The number of hydrogen-bond acceptors (Lipinski definition) is 6. The van der Waals surface area contributed by atoms with Crippen LogP contribution in [0.1, 0.15) is 19.3 Å². The summed E-state index contributed by atoms with van der Waals surface area (Å²) in [7, 11) is 0. The normalized spacial score (nSPS) is 14.5. The molecule has 0 saturated carbocycles. The van der Waals surface area contributed by atoms with Gasteiger partial charge < -0.3 is 21.3 Å². The highest BCUT2D eigenvalue weighted by atomic mass is 32.2. The number of nitrogens with one attached hydrogen (secondary N) is 2. The highest BCUT2D eigenvalue weighted by molar-refractivity contribution is 7.99. The molecule has 1 fully saturated rings. The fourth-order valence-corrected chi connectivity index (χ4v) is 3.95. The van der Waals surface area contributed by atoms with E-state index in [-0.39, 0.29) is 18.0 Å². The van der Waals surface area contributed by atoms with Gasteiger partial charge >= 0.3 is 6.03 Å². The van der Waals surface area contributed by atoms with E-state index in [1.807, 2.05) is 24.3 Å². The van der Waals surface area contributed by atoms with Crippen LogP contribution in [0.15, 0.2) is 47.6 Å². The quantitative estimate of drug-likeness (QED) is 0.614. The van der Waals surface area contributed by atoms with Gasteiger partial charge in [0.25, 0.3) is 0 Å². The van der Waals surface area contributed by atoms with Gasteiger partial charge in [-0.05, 0) is 31.0 Å². The Morgan fingerprint density at radius 1 is 1.14 bits per heavy atom. The maximum atomic E-state index is 12.4. The number of nitrogens with zero attached hydrogens (tertiary/aromatic N) is 3. The number of piperidine rings is 1. The van der Waals surface area contributed by atoms with E-state index < -0.39 is 0 Å². The summed E-state index contributed by atoms with van der Waals surface area (Å²) in [4.78, 5) is 34.9. The number of thioether (sulfide) groups is 1. The monoisotopic (exact) mass is 400 g/mol. The summed E-state index contributed by atoms with van der Waals surface area (Å²) in [5.41, 5.74) is 5.91. The maximum Gasteiger partial charge on any atom is 0.319 e. The zero-order valence-electron chi connectivity index (χ0n) is 15.5. The number of primary amides is 1. The highest BCUT2D eigenvalue weighted by Crippen LogP contribution is 2.27. The molecule has 28 heavy (non-hydrogen) atoms. The lowest BCUT2D eigenvalue weighted by atomic mass is 10.1. The summed E-state index contributed by atoms with van der Waals surface area (Å²) in [5.74, 6) is 0.977. The van der Waals surface area contributed by atoms with Crippen molar-refractivity contribution in [2.45, 2.75) is 30.2 Å². The van der Waals surface area contributed by atoms with Crippen LogP contribution in [0.5, 0.6) is 0 Å². The van der Waals surface area contributed by atoms with Crippen molar-refractivity contribution in [2.24, 2.45) is 5.73 Å². The van der Waals surface area contributed by atoms with Crippen molar-refractivity contribution >= 4 is 35.3 Å². The molecule has 3 amide bonds. The number of benzene rings is 1. The van der Waals surface area contributed by atoms with Gasteiger partial charge in [0.05, 0.1) is 5.69 Å². The van der Waals surface area contributed by atoms with E-state index in [0.29, 0.717) is 12.2 Å². The lowest BCUT2D eigenvalue weighted by Crippen LogP contribution is -2.46. The van der Waals surface area contributed by atoms with E-state index in [4.69, 9.17) is 5.73 Å². The smallest absolute Gasteiger partial charge is 0.319 e. The summed E-state index contributed by atoms with van der Waals surface area (Å²) in [6.07, 6.45) is 5.44. The fourth-order valence-electron chi connectivity index (χ4n) is 2.98. The van der Waals surface area contributed by atoms with Gasteiger partial charge in [-0.25, -0.2) is 14.8 Å². The average molecular weight is 401 g/mol. The Labute approximate surface area is 168 Å². The number of carbonyl (C=O) groups is 2.